The van der Waals surface area contributed by atoms with Gasteiger partial charge in [-0.1, -0.05) is 0 Å². The van der Waals surface area contributed by atoms with Gasteiger partial charge in [-0.2, -0.15) is 0 Å². The Kier molecular flexibility index (Phi) is 4.35. The van der Waals surface area contributed by atoms with Crippen LogP contribution >= 0.6 is 0 Å². The van der Waals surface area contributed by atoms with Crippen LogP contribution in [-0.2, 0) is 10.0 Å². The molecule has 106 valence electrons. The number of rotatable bonds is 4. The summed E-state index contributed by atoms with van der Waals surface area (Å²) in [7, 11) is -3.58. The van der Waals surface area contributed by atoms with Crippen molar-refractivity contribution in [3.63, 3.8) is 0 Å². The Morgan fingerprint density at radius 3 is 2.63 bits per heavy atom. The van der Waals surface area contributed by atoms with Gasteiger partial charge < -0.3 is 10.5 Å². The van der Waals surface area contributed by atoms with Gasteiger partial charge in [-0.25, -0.2) is 24.0 Å². The molecule has 0 aliphatic heterocycles. The van der Waals surface area contributed by atoms with E-state index in [9.17, 15) is 13.5 Å². The summed E-state index contributed by atoms with van der Waals surface area (Å²) in [5.74, 6) is 5.50. The fourth-order valence-corrected chi connectivity index (χ4v) is 3.46. The summed E-state index contributed by atoms with van der Waals surface area (Å²) in [4.78, 5) is 3.99. The number of sulfonamides is 1. The molecule has 7 nitrogen and oxygen atoms in total. The monoisotopic (exact) mass is 286 g/mol. The zero-order valence-corrected chi connectivity index (χ0v) is 11.2. The highest BCUT2D eigenvalue weighted by molar-refractivity contribution is 7.89. The molecule has 1 fully saturated rings. The molecule has 1 aromatic heterocycles. The fourth-order valence-electron chi connectivity index (χ4n) is 2.14. The predicted octanol–water partition coefficient (Wildman–Crippen LogP) is -0.0510. The maximum absolute atomic E-state index is 12.2. The van der Waals surface area contributed by atoms with Gasteiger partial charge in [0.2, 0.25) is 10.0 Å². The number of hydrogen-bond donors (Lipinski definition) is 4. The van der Waals surface area contributed by atoms with Gasteiger partial charge in [0.1, 0.15) is 5.82 Å². The molecule has 0 atom stereocenters. The first-order valence-electron chi connectivity index (χ1n) is 6.14. The smallest absolute Gasteiger partial charge is 0.241 e. The van der Waals surface area contributed by atoms with Gasteiger partial charge >= 0.3 is 0 Å². The van der Waals surface area contributed by atoms with E-state index in [4.69, 9.17) is 5.84 Å². The van der Waals surface area contributed by atoms with E-state index in [1.54, 1.807) is 0 Å². The molecule has 1 heterocycles. The lowest BCUT2D eigenvalue weighted by Crippen LogP contribution is -2.38. The quantitative estimate of drug-likeness (QED) is 0.455. The van der Waals surface area contributed by atoms with Crippen LogP contribution in [0.2, 0.25) is 0 Å². The first-order chi connectivity index (χ1) is 9.01. The Bertz CT molecular complexity index is 526. The molecule has 0 aromatic carbocycles. The predicted molar refractivity (Wildman–Crippen MR) is 70.6 cm³/mol. The van der Waals surface area contributed by atoms with Crippen LogP contribution in [-0.4, -0.2) is 30.7 Å². The van der Waals surface area contributed by atoms with Crippen LogP contribution in [0, 0.1) is 0 Å². The first-order valence-corrected chi connectivity index (χ1v) is 7.62. The van der Waals surface area contributed by atoms with E-state index >= 15 is 0 Å². The van der Waals surface area contributed by atoms with Crippen molar-refractivity contribution >= 4 is 15.8 Å². The second kappa shape index (κ2) is 5.83. The molecule has 8 heteroatoms. The molecular weight excluding hydrogens is 268 g/mol. The minimum Gasteiger partial charge on any atom is -0.393 e. The van der Waals surface area contributed by atoms with E-state index in [2.05, 4.69) is 15.1 Å². The topological polar surface area (TPSA) is 117 Å². The lowest BCUT2D eigenvalue weighted by atomic mass is 9.94. The van der Waals surface area contributed by atoms with Gasteiger partial charge in [-0.05, 0) is 31.7 Å². The van der Waals surface area contributed by atoms with E-state index in [1.807, 2.05) is 0 Å². The minimum absolute atomic E-state index is 0.126. The number of hydrazine groups is 1. The SMILES string of the molecule is NNc1cc(S(=O)(=O)NC2CCC(O)CC2)ccn1. The summed E-state index contributed by atoms with van der Waals surface area (Å²) in [6.07, 6.45) is 3.61. The second-order valence-electron chi connectivity index (χ2n) is 4.65. The molecule has 0 spiro atoms. The number of aliphatic hydroxyl groups excluding tert-OH is 1. The molecule has 0 amide bonds. The average molecular weight is 286 g/mol. The van der Waals surface area contributed by atoms with Crippen molar-refractivity contribution in [3.8, 4) is 0 Å². The number of nitrogen functional groups attached to an aromatic ring is 1. The zero-order valence-electron chi connectivity index (χ0n) is 10.4. The molecule has 0 saturated heterocycles. The van der Waals surface area contributed by atoms with Crippen molar-refractivity contribution in [2.75, 3.05) is 5.43 Å². The van der Waals surface area contributed by atoms with Crippen molar-refractivity contribution in [3.05, 3.63) is 18.3 Å². The van der Waals surface area contributed by atoms with Crippen LogP contribution in [0.15, 0.2) is 23.2 Å². The summed E-state index contributed by atoms with van der Waals surface area (Å²) in [5.41, 5.74) is 2.31. The Morgan fingerprint density at radius 2 is 2.00 bits per heavy atom. The molecular formula is C11H18N4O3S. The number of nitrogens with one attached hydrogen (secondary N) is 2. The van der Waals surface area contributed by atoms with Crippen molar-refractivity contribution in [2.45, 2.75) is 42.7 Å². The zero-order chi connectivity index (χ0) is 13.9. The average Bonchev–Trinajstić information content (AvgIpc) is 2.41. The molecule has 1 aliphatic rings. The molecule has 1 aromatic rings. The molecule has 0 radical (unpaired) electrons. The summed E-state index contributed by atoms with van der Waals surface area (Å²) in [6.45, 7) is 0. The Balaban J connectivity index is 2.09. The van der Waals surface area contributed by atoms with Gasteiger partial charge in [0.05, 0.1) is 11.0 Å². The molecule has 0 unspecified atom stereocenters. The number of aromatic nitrogens is 1. The highest BCUT2D eigenvalue weighted by Crippen LogP contribution is 2.21. The van der Waals surface area contributed by atoms with E-state index in [-0.39, 0.29) is 17.0 Å². The number of hydrogen-bond acceptors (Lipinski definition) is 6. The van der Waals surface area contributed by atoms with Crippen LogP contribution in [0.25, 0.3) is 0 Å². The minimum atomic E-state index is -3.58. The molecule has 19 heavy (non-hydrogen) atoms. The third kappa shape index (κ3) is 3.63. The number of nitrogens with two attached hydrogens (primary N) is 1. The number of pyridine rings is 1. The van der Waals surface area contributed by atoms with Gasteiger partial charge in [-0.3, -0.25) is 0 Å². The molecule has 5 N–H and O–H groups in total. The lowest BCUT2D eigenvalue weighted by Gasteiger charge is -2.25. The number of nitrogens with zero attached hydrogens (tertiary/aromatic N) is 1. The second-order valence-corrected chi connectivity index (χ2v) is 6.36. The van der Waals surface area contributed by atoms with E-state index in [1.165, 1.54) is 18.3 Å². The molecule has 0 bridgehead atoms. The van der Waals surface area contributed by atoms with Gasteiger partial charge in [0.15, 0.2) is 0 Å². The summed E-state index contributed by atoms with van der Waals surface area (Å²) in [5, 5.41) is 9.40. The van der Waals surface area contributed by atoms with Crippen molar-refractivity contribution < 1.29 is 13.5 Å². The van der Waals surface area contributed by atoms with Crippen molar-refractivity contribution in [1.82, 2.24) is 9.71 Å². The fraction of sp³-hybridized carbons (Fsp3) is 0.545. The first kappa shape index (κ1) is 14.2. The van der Waals surface area contributed by atoms with Gasteiger partial charge in [0, 0.05) is 18.3 Å². The third-order valence-electron chi connectivity index (χ3n) is 3.21. The number of aliphatic hydroxyl groups is 1. The van der Waals surface area contributed by atoms with Crippen LogP contribution in [0.3, 0.4) is 0 Å². The normalized spacial score (nSPS) is 24.1. The standard InChI is InChI=1S/C11H18N4O3S/c12-14-11-7-10(5-6-13-11)19(17,18)15-8-1-3-9(16)4-2-8/h5-9,15-16H,1-4,12H2,(H,13,14). The molecule has 1 aliphatic carbocycles. The highest BCUT2D eigenvalue weighted by atomic mass is 32.2. The summed E-state index contributed by atoms with van der Waals surface area (Å²) < 4.78 is 27.0. The van der Waals surface area contributed by atoms with Gasteiger partial charge in [0.25, 0.3) is 0 Å². The van der Waals surface area contributed by atoms with E-state index < -0.39 is 10.0 Å². The Hall–Kier alpha value is -1.22. The van der Waals surface area contributed by atoms with Crippen molar-refractivity contribution in [2.24, 2.45) is 5.84 Å². The largest absolute Gasteiger partial charge is 0.393 e. The Labute approximate surface area is 112 Å². The highest BCUT2D eigenvalue weighted by Gasteiger charge is 2.24. The molecule has 2 rings (SSSR count). The molecule has 1 saturated carbocycles. The summed E-state index contributed by atoms with van der Waals surface area (Å²) in [6, 6.07) is 2.66. The maximum atomic E-state index is 12.2. The maximum Gasteiger partial charge on any atom is 0.241 e. The third-order valence-corrected chi connectivity index (χ3v) is 4.73. The van der Waals surface area contributed by atoms with E-state index in [0.29, 0.717) is 31.5 Å². The van der Waals surface area contributed by atoms with Crippen LogP contribution in [0.5, 0.6) is 0 Å². The summed E-state index contributed by atoms with van der Waals surface area (Å²) >= 11 is 0. The van der Waals surface area contributed by atoms with Crippen molar-refractivity contribution in [1.29, 1.82) is 0 Å². The Morgan fingerprint density at radius 1 is 1.32 bits per heavy atom. The van der Waals surface area contributed by atoms with E-state index in [0.717, 1.165) is 0 Å². The van der Waals surface area contributed by atoms with Crippen LogP contribution in [0.4, 0.5) is 5.82 Å². The van der Waals surface area contributed by atoms with Crippen LogP contribution in [0.1, 0.15) is 25.7 Å². The lowest BCUT2D eigenvalue weighted by molar-refractivity contribution is 0.120. The van der Waals surface area contributed by atoms with Gasteiger partial charge in [-0.15, -0.1) is 0 Å². The number of anilines is 1. The van der Waals surface area contributed by atoms with Crippen LogP contribution < -0.4 is 16.0 Å².